The third-order valence-electron chi connectivity index (χ3n) is 5.56. The number of hydrogen-bond donors (Lipinski definition) is 1. The van der Waals surface area contributed by atoms with E-state index in [0.29, 0.717) is 6.54 Å². The van der Waals surface area contributed by atoms with Crippen molar-refractivity contribution in [2.24, 2.45) is 0 Å². The maximum Gasteiger partial charge on any atom is 0.238 e. The van der Waals surface area contributed by atoms with Crippen LogP contribution in [0.25, 0.3) is 16.2 Å². The number of ether oxygens (including phenoxy) is 1. The zero-order valence-electron chi connectivity index (χ0n) is 18.1. The molecule has 3 heterocycles. The van der Waals surface area contributed by atoms with Gasteiger partial charge in [-0.1, -0.05) is 11.3 Å². The molecule has 33 heavy (non-hydrogen) atoms. The minimum atomic E-state index is -0.266. The first-order valence-corrected chi connectivity index (χ1v) is 11.4. The number of nitrogens with one attached hydrogen (secondary N) is 1. The van der Waals surface area contributed by atoms with Crippen LogP contribution in [-0.4, -0.2) is 65.2 Å². The molecule has 8 nitrogen and oxygen atoms in total. The average Bonchev–Trinajstić information content (AvgIpc) is 3.40. The summed E-state index contributed by atoms with van der Waals surface area (Å²) in [5, 5.41) is 8.51. The smallest absolute Gasteiger partial charge is 0.238 e. The molecule has 0 unspecified atom stereocenters. The Labute approximate surface area is 194 Å². The van der Waals surface area contributed by atoms with Crippen molar-refractivity contribution in [1.29, 1.82) is 0 Å². The minimum absolute atomic E-state index is 0.0327. The number of nitrogens with zero attached hydrogens (tertiary/aromatic N) is 5. The van der Waals surface area contributed by atoms with Gasteiger partial charge in [0.05, 0.1) is 25.5 Å². The van der Waals surface area contributed by atoms with Gasteiger partial charge >= 0.3 is 0 Å². The molecule has 0 bridgehead atoms. The van der Waals surface area contributed by atoms with Gasteiger partial charge in [0.15, 0.2) is 0 Å². The highest BCUT2D eigenvalue weighted by Gasteiger charge is 2.22. The number of halogens is 1. The van der Waals surface area contributed by atoms with Gasteiger partial charge in [-0.3, -0.25) is 9.69 Å². The zero-order valence-corrected chi connectivity index (χ0v) is 18.9. The molecular weight excluding hydrogens is 443 g/mol. The van der Waals surface area contributed by atoms with E-state index in [9.17, 15) is 9.18 Å². The van der Waals surface area contributed by atoms with Gasteiger partial charge in [0.2, 0.25) is 16.0 Å². The zero-order chi connectivity index (χ0) is 22.8. The third kappa shape index (κ3) is 4.81. The van der Waals surface area contributed by atoms with Crippen molar-refractivity contribution in [3.8, 4) is 17.0 Å². The highest BCUT2D eigenvalue weighted by Crippen LogP contribution is 2.27. The predicted octanol–water partition coefficient (Wildman–Crippen LogP) is 3.37. The van der Waals surface area contributed by atoms with Crippen LogP contribution in [-0.2, 0) is 4.79 Å². The van der Waals surface area contributed by atoms with Crippen molar-refractivity contribution < 1.29 is 13.9 Å². The van der Waals surface area contributed by atoms with Crippen molar-refractivity contribution in [1.82, 2.24) is 19.5 Å². The number of rotatable bonds is 6. The van der Waals surface area contributed by atoms with E-state index >= 15 is 0 Å². The van der Waals surface area contributed by atoms with E-state index in [-0.39, 0.29) is 11.7 Å². The number of methoxy groups -OCH3 is 1. The van der Waals surface area contributed by atoms with Crippen LogP contribution in [0.5, 0.6) is 5.75 Å². The number of hydrogen-bond acceptors (Lipinski definition) is 7. The summed E-state index contributed by atoms with van der Waals surface area (Å²) in [5.41, 5.74) is 2.38. The molecular formula is C23H23FN6O2S. The second-order valence-corrected chi connectivity index (χ2v) is 8.72. The molecule has 5 rings (SSSR count). The molecule has 0 radical (unpaired) electrons. The van der Waals surface area contributed by atoms with Crippen molar-refractivity contribution in [3.05, 3.63) is 60.5 Å². The second-order valence-electron chi connectivity index (χ2n) is 7.78. The number of benzene rings is 2. The van der Waals surface area contributed by atoms with Crippen LogP contribution in [0.1, 0.15) is 0 Å². The lowest BCUT2D eigenvalue weighted by atomic mass is 10.2. The number of amides is 1. The van der Waals surface area contributed by atoms with Crippen molar-refractivity contribution >= 4 is 33.0 Å². The molecule has 1 fully saturated rings. The molecule has 4 aromatic rings. The molecule has 1 saturated heterocycles. The lowest BCUT2D eigenvalue weighted by molar-refractivity contribution is -0.117. The summed E-state index contributed by atoms with van der Waals surface area (Å²) in [6.07, 6.45) is 1.86. The van der Waals surface area contributed by atoms with Crippen LogP contribution in [0.15, 0.2) is 54.7 Å². The molecule has 2 aromatic heterocycles. The monoisotopic (exact) mass is 466 g/mol. The fourth-order valence-corrected chi connectivity index (χ4v) is 4.69. The SMILES string of the molecule is COc1ccc(NC(=O)CN2CCN(c3nn4cc(-c5ccc(F)cc5)nc4s3)CC2)cc1. The molecule has 0 aliphatic carbocycles. The second kappa shape index (κ2) is 9.16. The van der Waals surface area contributed by atoms with Gasteiger partial charge < -0.3 is 15.0 Å². The predicted molar refractivity (Wildman–Crippen MR) is 127 cm³/mol. The number of aromatic nitrogens is 3. The van der Waals surface area contributed by atoms with Crippen LogP contribution >= 0.6 is 11.3 Å². The Hall–Kier alpha value is -3.50. The summed E-state index contributed by atoms with van der Waals surface area (Å²) in [7, 11) is 1.61. The summed E-state index contributed by atoms with van der Waals surface area (Å²) >= 11 is 1.53. The Kier molecular flexibility index (Phi) is 5.93. The number of imidazole rings is 1. The Morgan fingerprint density at radius 1 is 1.09 bits per heavy atom. The number of carbonyl (C=O) groups is 1. The lowest BCUT2D eigenvalue weighted by Crippen LogP contribution is -2.48. The molecule has 1 aliphatic rings. The lowest BCUT2D eigenvalue weighted by Gasteiger charge is -2.33. The maximum absolute atomic E-state index is 13.2. The fraction of sp³-hybridized carbons (Fsp3) is 0.261. The largest absolute Gasteiger partial charge is 0.497 e. The first-order chi connectivity index (χ1) is 16.1. The van der Waals surface area contributed by atoms with Gasteiger partial charge in [-0.25, -0.2) is 13.9 Å². The van der Waals surface area contributed by atoms with E-state index < -0.39 is 0 Å². The maximum atomic E-state index is 13.2. The average molecular weight is 467 g/mol. The van der Waals surface area contributed by atoms with Gasteiger partial charge in [0.25, 0.3) is 0 Å². The number of piperazine rings is 1. The molecule has 1 N–H and O–H groups in total. The quantitative estimate of drug-likeness (QED) is 0.470. The molecule has 10 heteroatoms. The van der Waals surface area contributed by atoms with Crippen LogP contribution < -0.4 is 15.0 Å². The number of fused-ring (bicyclic) bond motifs is 1. The molecule has 1 aliphatic heterocycles. The molecule has 0 spiro atoms. The van der Waals surface area contributed by atoms with Crippen molar-refractivity contribution in [3.63, 3.8) is 0 Å². The van der Waals surface area contributed by atoms with Gasteiger partial charge in [-0.15, -0.1) is 5.10 Å². The molecule has 170 valence electrons. The minimum Gasteiger partial charge on any atom is -0.497 e. The Morgan fingerprint density at radius 2 is 1.82 bits per heavy atom. The normalized spacial score (nSPS) is 14.5. The third-order valence-corrected chi connectivity index (χ3v) is 6.54. The van der Waals surface area contributed by atoms with Crippen LogP contribution in [0.4, 0.5) is 15.2 Å². The van der Waals surface area contributed by atoms with E-state index in [4.69, 9.17) is 4.74 Å². The van der Waals surface area contributed by atoms with E-state index in [1.54, 1.807) is 23.8 Å². The molecule has 2 aromatic carbocycles. The molecule has 0 atom stereocenters. The number of anilines is 2. The summed E-state index contributed by atoms with van der Waals surface area (Å²) in [4.78, 5) is 22.2. The van der Waals surface area contributed by atoms with Crippen molar-refractivity contribution in [2.45, 2.75) is 0 Å². The van der Waals surface area contributed by atoms with Crippen LogP contribution in [0.3, 0.4) is 0 Å². The Morgan fingerprint density at radius 3 is 2.48 bits per heavy atom. The highest BCUT2D eigenvalue weighted by molar-refractivity contribution is 7.20. The van der Waals surface area contributed by atoms with Gasteiger partial charge in [0.1, 0.15) is 11.6 Å². The van der Waals surface area contributed by atoms with Gasteiger partial charge in [0, 0.05) is 37.4 Å². The number of carbonyl (C=O) groups excluding carboxylic acids is 1. The topological polar surface area (TPSA) is 75.0 Å². The highest BCUT2D eigenvalue weighted by atomic mass is 32.1. The van der Waals surface area contributed by atoms with E-state index in [2.05, 4.69) is 25.2 Å². The Bertz CT molecular complexity index is 1210. The summed E-state index contributed by atoms with van der Waals surface area (Å²) in [6.45, 7) is 3.48. The van der Waals surface area contributed by atoms with E-state index in [1.807, 2.05) is 30.5 Å². The van der Waals surface area contributed by atoms with Gasteiger partial charge in [-0.05, 0) is 48.5 Å². The molecule has 1 amide bonds. The fourth-order valence-electron chi connectivity index (χ4n) is 3.75. The first-order valence-electron chi connectivity index (χ1n) is 10.6. The van der Waals surface area contributed by atoms with Crippen LogP contribution in [0, 0.1) is 5.82 Å². The van der Waals surface area contributed by atoms with E-state index in [0.717, 1.165) is 59.0 Å². The first kappa shape index (κ1) is 21.4. The Balaban J connectivity index is 1.15. The summed E-state index contributed by atoms with van der Waals surface area (Å²) in [5.74, 6) is 0.456. The van der Waals surface area contributed by atoms with Crippen LogP contribution in [0.2, 0.25) is 0 Å². The summed E-state index contributed by atoms with van der Waals surface area (Å²) in [6, 6.07) is 13.6. The van der Waals surface area contributed by atoms with E-state index in [1.165, 1.54) is 23.5 Å². The summed E-state index contributed by atoms with van der Waals surface area (Å²) < 4.78 is 20.1. The van der Waals surface area contributed by atoms with Crippen molar-refractivity contribution in [2.75, 3.05) is 50.1 Å². The standard InChI is InChI=1S/C23H23FN6O2S/c1-32-19-8-6-18(7-9-19)25-21(31)15-28-10-12-29(13-11-28)23-27-30-14-20(26-22(30)33-23)16-2-4-17(24)5-3-16/h2-9,14H,10-13,15H2,1H3,(H,25,31). The molecule has 0 saturated carbocycles. The van der Waals surface area contributed by atoms with Gasteiger partial charge in [-0.2, -0.15) is 0 Å².